The maximum atomic E-state index is 4.44. The molecule has 0 amide bonds. The Morgan fingerprint density at radius 1 is 1.04 bits per heavy atom. The summed E-state index contributed by atoms with van der Waals surface area (Å²) in [4.78, 5) is 13.6. The van der Waals surface area contributed by atoms with Gasteiger partial charge in [0.05, 0.1) is 0 Å². The summed E-state index contributed by atoms with van der Waals surface area (Å²) < 4.78 is 0. The molecule has 122 valence electrons. The van der Waals surface area contributed by atoms with Crippen LogP contribution >= 0.6 is 0 Å². The second kappa shape index (κ2) is 7.92. The van der Waals surface area contributed by atoms with E-state index in [9.17, 15) is 0 Å². The SMILES string of the molecule is CCCNc1cc(N2CCN(Cc3ccccc3)CC2)ncn1. The van der Waals surface area contributed by atoms with Crippen LogP contribution in [0.25, 0.3) is 0 Å². The summed E-state index contributed by atoms with van der Waals surface area (Å²) in [5.74, 6) is 1.95. The van der Waals surface area contributed by atoms with Gasteiger partial charge in [-0.1, -0.05) is 37.3 Å². The quantitative estimate of drug-likeness (QED) is 0.888. The topological polar surface area (TPSA) is 44.3 Å². The van der Waals surface area contributed by atoms with Crippen LogP contribution in [-0.4, -0.2) is 47.6 Å². The average molecular weight is 311 g/mol. The van der Waals surface area contributed by atoms with Crippen LogP contribution in [0.1, 0.15) is 18.9 Å². The van der Waals surface area contributed by atoms with E-state index in [0.717, 1.165) is 57.3 Å². The Bertz CT molecular complexity index is 593. The number of anilines is 2. The van der Waals surface area contributed by atoms with E-state index < -0.39 is 0 Å². The molecule has 5 heteroatoms. The van der Waals surface area contributed by atoms with Crippen molar-refractivity contribution in [3.8, 4) is 0 Å². The van der Waals surface area contributed by atoms with Crippen molar-refractivity contribution in [2.45, 2.75) is 19.9 Å². The number of rotatable bonds is 6. The highest BCUT2D eigenvalue weighted by molar-refractivity contribution is 5.48. The molecule has 2 aromatic rings. The molecule has 5 nitrogen and oxygen atoms in total. The van der Waals surface area contributed by atoms with Gasteiger partial charge in [-0.3, -0.25) is 4.90 Å². The lowest BCUT2D eigenvalue weighted by Crippen LogP contribution is -2.46. The molecule has 1 saturated heterocycles. The molecular formula is C18H25N5. The van der Waals surface area contributed by atoms with Gasteiger partial charge in [0.1, 0.15) is 18.0 Å². The first-order valence-corrected chi connectivity index (χ1v) is 8.42. The highest BCUT2D eigenvalue weighted by Gasteiger charge is 2.18. The van der Waals surface area contributed by atoms with Crippen LogP contribution in [0, 0.1) is 0 Å². The average Bonchev–Trinajstić information content (AvgIpc) is 2.62. The predicted molar refractivity (Wildman–Crippen MR) is 94.7 cm³/mol. The van der Waals surface area contributed by atoms with Crippen molar-refractivity contribution in [1.29, 1.82) is 0 Å². The van der Waals surface area contributed by atoms with Gasteiger partial charge in [-0.2, -0.15) is 0 Å². The molecule has 0 unspecified atom stereocenters. The van der Waals surface area contributed by atoms with Crippen molar-refractivity contribution in [2.24, 2.45) is 0 Å². The minimum absolute atomic E-state index is 0.920. The first-order valence-electron chi connectivity index (χ1n) is 8.42. The zero-order valence-corrected chi connectivity index (χ0v) is 13.8. The number of nitrogens with zero attached hydrogens (tertiary/aromatic N) is 4. The lowest BCUT2D eigenvalue weighted by atomic mass is 10.2. The third kappa shape index (κ3) is 4.42. The Balaban J connectivity index is 1.54. The molecule has 1 fully saturated rings. The van der Waals surface area contributed by atoms with Crippen LogP contribution in [0.15, 0.2) is 42.7 Å². The van der Waals surface area contributed by atoms with E-state index >= 15 is 0 Å². The minimum atomic E-state index is 0.920. The van der Waals surface area contributed by atoms with Gasteiger partial charge in [-0.15, -0.1) is 0 Å². The van der Waals surface area contributed by atoms with Crippen LogP contribution in [0.4, 0.5) is 11.6 Å². The summed E-state index contributed by atoms with van der Waals surface area (Å²) in [7, 11) is 0. The third-order valence-corrected chi connectivity index (χ3v) is 4.15. The smallest absolute Gasteiger partial charge is 0.134 e. The van der Waals surface area contributed by atoms with Crippen LogP contribution in [0.2, 0.25) is 0 Å². The summed E-state index contributed by atoms with van der Waals surface area (Å²) in [6.07, 6.45) is 2.75. The van der Waals surface area contributed by atoms with E-state index in [-0.39, 0.29) is 0 Å². The molecular weight excluding hydrogens is 286 g/mol. The number of piperazine rings is 1. The van der Waals surface area contributed by atoms with Gasteiger partial charge >= 0.3 is 0 Å². The normalized spacial score (nSPS) is 15.6. The number of hydrogen-bond acceptors (Lipinski definition) is 5. The van der Waals surface area contributed by atoms with E-state index in [1.54, 1.807) is 6.33 Å². The molecule has 0 bridgehead atoms. The van der Waals surface area contributed by atoms with E-state index in [1.807, 2.05) is 0 Å². The van der Waals surface area contributed by atoms with E-state index in [2.05, 4.69) is 68.4 Å². The van der Waals surface area contributed by atoms with Gasteiger partial charge in [0, 0.05) is 45.3 Å². The zero-order valence-electron chi connectivity index (χ0n) is 13.8. The summed E-state index contributed by atoms with van der Waals surface area (Å²) >= 11 is 0. The first-order chi connectivity index (χ1) is 11.3. The Morgan fingerprint density at radius 3 is 2.57 bits per heavy atom. The Kier molecular flexibility index (Phi) is 5.42. The Labute approximate surface area is 138 Å². The molecule has 0 saturated carbocycles. The van der Waals surface area contributed by atoms with E-state index in [0.29, 0.717) is 0 Å². The van der Waals surface area contributed by atoms with Gasteiger partial charge in [-0.05, 0) is 12.0 Å². The predicted octanol–water partition coefficient (Wildman–Crippen LogP) is 2.62. The Hall–Kier alpha value is -2.14. The van der Waals surface area contributed by atoms with Gasteiger partial charge < -0.3 is 10.2 Å². The monoisotopic (exact) mass is 311 g/mol. The largest absolute Gasteiger partial charge is 0.370 e. The highest BCUT2D eigenvalue weighted by Crippen LogP contribution is 2.17. The zero-order chi connectivity index (χ0) is 15.9. The Morgan fingerprint density at radius 2 is 1.83 bits per heavy atom. The molecule has 1 aliphatic rings. The van der Waals surface area contributed by atoms with Crippen molar-refractivity contribution in [2.75, 3.05) is 42.9 Å². The second-order valence-electron chi connectivity index (χ2n) is 5.94. The standard InChI is InChI=1S/C18H25N5/c1-2-8-19-17-13-18(21-15-20-17)23-11-9-22(10-12-23)14-16-6-4-3-5-7-16/h3-7,13,15H,2,8-12,14H2,1H3,(H,19,20,21). The molecule has 0 radical (unpaired) electrons. The van der Waals surface area contributed by atoms with E-state index in [4.69, 9.17) is 0 Å². The molecule has 0 spiro atoms. The maximum Gasteiger partial charge on any atom is 0.134 e. The fourth-order valence-electron chi connectivity index (χ4n) is 2.85. The molecule has 23 heavy (non-hydrogen) atoms. The van der Waals surface area contributed by atoms with E-state index in [1.165, 1.54) is 5.56 Å². The van der Waals surface area contributed by atoms with Gasteiger partial charge in [-0.25, -0.2) is 9.97 Å². The summed E-state index contributed by atoms with van der Waals surface area (Å²) in [5.41, 5.74) is 1.38. The number of benzene rings is 1. The molecule has 1 aliphatic heterocycles. The molecule has 0 atom stereocenters. The lowest BCUT2D eigenvalue weighted by molar-refractivity contribution is 0.249. The number of aromatic nitrogens is 2. The molecule has 1 aromatic carbocycles. The first kappa shape index (κ1) is 15.7. The van der Waals surface area contributed by atoms with Gasteiger partial charge in [0.15, 0.2) is 0 Å². The lowest BCUT2D eigenvalue weighted by Gasteiger charge is -2.35. The molecule has 1 aromatic heterocycles. The molecule has 1 N–H and O–H groups in total. The fourth-order valence-corrected chi connectivity index (χ4v) is 2.85. The summed E-state index contributed by atoms with van der Waals surface area (Å²) in [6.45, 7) is 8.28. The second-order valence-corrected chi connectivity index (χ2v) is 5.94. The van der Waals surface area contributed by atoms with Crippen LogP contribution in [0.3, 0.4) is 0 Å². The molecule has 2 heterocycles. The number of nitrogens with one attached hydrogen (secondary N) is 1. The fraction of sp³-hybridized carbons (Fsp3) is 0.444. The van der Waals surface area contributed by atoms with Crippen molar-refractivity contribution >= 4 is 11.6 Å². The van der Waals surface area contributed by atoms with Gasteiger partial charge in [0.25, 0.3) is 0 Å². The van der Waals surface area contributed by atoms with Crippen LogP contribution in [0.5, 0.6) is 0 Å². The third-order valence-electron chi connectivity index (χ3n) is 4.15. The van der Waals surface area contributed by atoms with Crippen molar-refractivity contribution in [3.63, 3.8) is 0 Å². The summed E-state index contributed by atoms with van der Waals surface area (Å²) in [5, 5.41) is 3.33. The summed E-state index contributed by atoms with van der Waals surface area (Å²) in [6, 6.07) is 12.7. The maximum absolute atomic E-state index is 4.44. The molecule has 3 rings (SSSR count). The molecule has 0 aliphatic carbocycles. The van der Waals surface area contributed by atoms with Crippen molar-refractivity contribution in [3.05, 3.63) is 48.3 Å². The van der Waals surface area contributed by atoms with Crippen LogP contribution in [-0.2, 0) is 6.54 Å². The van der Waals surface area contributed by atoms with Crippen LogP contribution < -0.4 is 10.2 Å². The van der Waals surface area contributed by atoms with Crippen molar-refractivity contribution < 1.29 is 0 Å². The number of hydrogen-bond donors (Lipinski definition) is 1. The highest BCUT2D eigenvalue weighted by atomic mass is 15.3. The van der Waals surface area contributed by atoms with Crippen molar-refractivity contribution in [1.82, 2.24) is 14.9 Å². The minimum Gasteiger partial charge on any atom is -0.370 e. The van der Waals surface area contributed by atoms with Gasteiger partial charge in [0.2, 0.25) is 0 Å².